The molecule has 0 heterocycles. The summed E-state index contributed by atoms with van der Waals surface area (Å²) in [6.45, 7) is -0.326. The molecular weight excluding hydrogens is 263 g/mol. The molecule has 1 atom stereocenters. The lowest BCUT2D eigenvalue weighted by Crippen LogP contribution is -2.35. The Morgan fingerprint density at radius 3 is 2.47 bits per heavy atom. The van der Waals surface area contributed by atoms with Gasteiger partial charge < -0.3 is 9.84 Å². The largest absolute Gasteiger partial charge is 0.389 e. The topological polar surface area (TPSA) is 75.6 Å². The molecule has 17 heavy (non-hydrogen) atoms. The predicted molar refractivity (Wildman–Crippen MR) is 55.0 cm³/mol. The van der Waals surface area contributed by atoms with Gasteiger partial charge in [0.05, 0.1) is 18.5 Å². The third-order valence-electron chi connectivity index (χ3n) is 1.77. The number of nitrogens with one attached hydrogen (secondary N) is 1. The van der Waals surface area contributed by atoms with E-state index < -0.39 is 40.9 Å². The summed E-state index contributed by atoms with van der Waals surface area (Å²) in [4.78, 5) is 0. The van der Waals surface area contributed by atoms with E-state index in [4.69, 9.17) is 5.11 Å². The Kier molecular flexibility index (Phi) is 6.98. The van der Waals surface area contributed by atoms with Gasteiger partial charge in [-0.2, -0.15) is 13.2 Å². The zero-order valence-electron chi connectivity index (χ0n) is 9.33. The van der Waals surface area contributed by atoms with Gasteiger partial charge in [0.1, 0.15) is 0 Å². The first-order valence-electron chi connectivity index (χ1n) is 4.87. The molecular formula is C8H16F3NO4S. The minimum absolute atomic E-state index is 0.0505. The molecule has 0 aliphatic carbocycles. The van der Waals surface area contributed by atoms with Crippen LogP contribution in [0.2, 0.25) is 0 Å². The second kappa shape index (κ2) is 7.14. The van der Waals surface area contributed by atoms with Crippen molar-refractivity contribution in [1.29, 1.82) is 0 Å². The molecule has 104 valence electrons. The van der Waals surface area contributed by atoms with Gasteiger partial charge in [0.25, 0.3) is 0 Å². The third kappa shape index (κ3) is 10.5. The van der Waals surface area contributed by atoms with Crippen molar-refractivity contribution in [2.45, 2.75) is 25.1 Å². The second-order valence-corrected chi connectivity index (χ2v) is 5.42. The molecule has 0 aromatic carbocycles. The van der Waals surface area contributed by atoms with E-state index in [-0.39, 0.29) is 13.2 Å². The van der Waals surface area contributed by atoms with Crippen molar-refractivity contribution in [3.8, 4) is 0 Å². The molecule has 0 amide bonds. The number of sulfonamides is 1. The first-order valence-corrected chi connectivity index (χ1v) is 6.52. The van der Waals surface area contributed by atoms with Crippen LogP contribution in [0.4, 0.5) is 13.2 Å². The van der Waals surface area contributed by atoms with Crippen LogP contribution in [0.3, 0.4) is 0 Å². The minimum atomic E-state index is -4.36. The molecule has 1 unspecified atom stereocenters. The summed E-state index contributed by atoms with van der Waals surface area (Å²) in [6, 6.07) is 0. The number of hydrogen-bond donors (Lipinski definition) is 2. The van der Waals surface area contributed by atoms with E-state index in [1.165, 1.54) is 7.11 Å². The zero-order valence-corrected chi connectivity index (χ0v) is 10.1. The van der Waals surface area contributed by atoms with Crippen molar-refractivity contribution in [3.05, 3.63) is 0 Å². The van der Waals surface area contributed by atoms with Gasteiger partial charge in [0.15, 0.2) is 0 Å². The van der Waals surface area contributed by atoms with Crippen LogP contribution in [0.5, 0.6) is 0 Å². The zero-order chi connectivity index (χ0) is 13.5. The first-order chi connectivity index (χ1) is 7.66. The standard InChI is InChI=1S/C8H16F3NO4S/c1-16-6-7(13)5-12-17(14,15)4-2-3-8(9,10)11/h7,12-13H,2-6H2,1H3. The predicted octanol–water partition coefficient (Wildman–Crippen LogP) is 0.256. The van der Waals surface area contributed by atoms with E-state index >= 15 is 0 Å². The van der Waals surface area contributed by atoms with Gasteiger partial charge in [-0.3, -0.25) is 0 Å². The number of aliphatic hydroxyl groups is 1. The Hall–Kier alpha value is -0.380. The Labute approximate surface area is 98.0 Å². The summed E-state index contributed by atoms with van der Waals surface area (Å²) in [6.07, 6.45) is -7.02. The molecule has 0 aliphatic heterocycles. The van der Waals surface area contributed by atoms with Crippen LogP contribution in [0.25, 0.3) is 0 Å². The molecule has 0 bridgehead atoms. The van der Waals surface area contributed by atoms with E-state index in [1.54, 1.807) is 0 Å². The fourth-order valence-corrected chi connectivity index (χ4v) is 2.12. The average molecular weight is 279 g/mol. The van der Waals surface area contributed by atoms with Crippen LogP contribution in [0.15, 0.2) is 0 Å². The van der Waals surface area contributed by atoms with Gasteiger partial charge >= 0.3 is 6.18 Å². The van der Waals surface area contributed by atoms with Crippen LogP contribution in [0, 0.1) is 0 Å². The minimum Gasteiger partial charge on any atom is -0.389 e. The van der Waals surface area contributed by atoms with Crippen LogP contribution in [0.1, 0.15) is 12.8 Å². The number of halogens is 3. The van der Waals surface area contributed by atoms with E-state index in [0.717, 1.165) is 0 Å². The summed E-state index contributed by atoms with van der Waals surface area (Å²) in [5, 5.41) is 9.14. The molecule has 5 nitrogen and oxygen atoms in total. The molecule has 0 saturated heterocycles. The van der Waals surface area contributed by atoms with Gasteiger partial charge in [-0.1, -0.05) is 0 Å². The van der Waals surface area contributed by atoms with Gasteiger partial charge in [-0.15, -0.1) is 0 Å². The van der Waals surface area contributed by atoms with E-state index in [1.807, 2.05) is 4.72 Å². The summed E-state index contributed by atoms with van der Waals surface area (Å²) >= 11 is 0. The lowest BCUT2D eigenvalue weighted by molar-refractivity contribution is -0.134. The lowest BCUT2D eigenvalue weighted by atomic mass is 10.3. The SMILES string of the molecule is COCC(O)CNS(=O)(=O)CCCC(F)(F)F. The van der Waals surface area contributed by atoms with Gasteiger partial charge in [-0.05, 0) is 6.42 Å². The number of alkyl halides is 3. The van der Waals surface area contributed by atoms with Crippen molar-refractivity contribution in [2.24, 2.45) is 0 Å². The van der Waals surface area contributed by atoms with Crippen molar-refractivity contribution >= 4 is 10.0 Å². The van der Waals surface area contributed by atoms with Crippen LogP contribution in [-0.2, 0) is 14.8 Å². The maximum absolute atomic E-state index is 11.8. The number of aliphatic hydroxyl groups excluding tert-OH is 1. The molecule has 0 rings (SSSR count). The lowest BCUT2D eigenvalue weighted by Gasteiger charge is -2.11. The summed E-state index contributed by atoms with van der Waals surface area (Å²) in [5.74, 6) is -0.619. The Balaban J connectivity index is 3.89. The van der Waals surface area contributed by atoms with Gasteiger partial charge in [-0.25, -0.2) is 13.1 Å². The molecule has 0 aliphatic rings. The number of hydrogen-bond acceptors (Lipinski definition) is 4. The molecule has 2 N–H and O–H groups in total. The Bertz CT molecular complexity index is 304. The maximum Gasteiger partial charge on any atom is 0.389 e. The van der Waals surface area contributed by atoms with Crippen LogP contribution in [-0.4, -0.2) is 51.8 Å². The highest BCUT2D eigenvalue weighted by Gasteiger charge is 2.27. The smallest absolute Gasteiger partial charge is 0.389 e. The maximum atomic E-state index is 11.8. The highest BCUT2D eigenvalue weighted by atomic mass is 32.2. The van der Waals surface area contributed by atoms with Crippen LogP contribution < -0.4 is 4.72 Å². The Morgan fingerprint density at radius 2 is 2.00 bits per heavy atom. The average Bonchev–Trinajstić information content (AvgIpc) is 2.13. The van der Waals surface area contributed by atoms with E-state index in [9.17, 15) is 21.6 Å². The fraction of sp³-hybridized carbons (Fsp3) is 1.00. The Morgan fingerprint density at radius 1 is 1.41 bits per heavy atom. The molecule has 0 fully saturated rings. The highest BCUT2D eigenvalue weighted by molar-refractivity contribution is 7.89. The highest BCUT2D eigenvalue weighted by Crippen LogP contribution is 2.21. The van der Waals surface area contributed by atoms with Gasteiger partial charge in [0, 0.05) is 20.1 Å². The summed E-state index contributed by atoms with van der Waals surface area (Å²) < 4.78 is 64.3. The summed E-state index contributed by atoms with van der Waals surface area (Å²) in [7, 11) is -2.45. The van der Waals surface area contributed by atoms with Crippen molar-refractivity contribution in [3.63, 3.8) is 0 Å². The normalized spacial score (nSPS) is 14.9. The first kappa shape index (κ1) is 16.6. The molecule has 0 aromatic heterocycles. The summed E-state index contributed by atoms with van der Waals surface area (Å²) in [5.41, 5.74) is 0. The van der Waals surface area contributed by atoms with Crippen molar-refractivity contribution < 1.29 is 31.4 Å². The molecule has 0 spiro atoms. The fourth-order valence-electron chi connectivity index (χ4n) is 1.01. The van der Waals surface area contributed by atoms with Gasteiger partial charge in [0.2, 0.25) is 10.0 Å². The third-order valence-corrected chi connectivity index (χ3v) is 3.20. The number of rotatable bonds is 8. The van der Waals surface area contributed by atoms with Crippen molar-refractivity contribution in [1.82, 2.24) is 4.72 Å². The van der Waals surface area contributed by atoms with Crippen molar-refractivity contribution in [2.75, 3.05) is 26.0 Å². The quantitative estimate of drug-likeness (QED) is 0.668. The molecule has 9 heteroatoms. The van der Waals surface area contributed by atoms with Crippen LogP contribution >= 0.6 is 0 Å². The van der Waals surface area contributed by atoms with E-state index in [2.05, 4.69) is 4.74 Å². The monoisotopic (exact) mass is 279 g/mol. The van der Waals surface area contributed by atoms with E-state index in [0.29, 0.717) is 0 Å². The molecule has 0 radical (unpaired) electrons. The molecule has 0 aromatic rings. The molecule has 0 saturated carbocycles. The second-order valence-electron chi connectivity index (χ2n) is 3.50. The number of ether oxygens (including phenoxy) is 1. The number of methoxy groups -OCH3 is 1.